The maximum atomic E-state index is 13.5. The van der Waals surface area contributed by atoms with E-state index in [1.54, 1.807) is 12.1 Å². The van der Waals surface area contributed by atoms with Crippen LogP contribution in [-0.2, 0) is 21.4 Å². The maximum Gasteiger partial charge on any atom is 0.243 e. The molecule has 2 aromatic rings. The lowest BCUT2D eigenvalue weighted by molar-refractivity contribution is -0.114. The lowest BCUT2D eigenvalue weighted by Gasteiger charge is -2.44. The monoisotopic (exact) mass is 491 g/mol. The van der Waals surface area contributed by atoms with Crippen molar-refractivity contribution in [3.05, 3.63) is 59.7 Å². The van der Waals surface area contributed by atoms with Crippen LogP contribution in [0.4, 0.5) is 14.5 Å². The number of piperidine rings is 1. The van der Waals surface area contributed by atoms with E-state index in [0.717, 1.165) is 6.07 Å². The molecule has 0 aromatic heterocycles. The molecule has 2 aliphatic heterocycles. The normalized spacial score (nSPS) is 18.4. The largest absolute Gasteiger partial charge is 0.368 e. The van der Waals surface area contributed by atoms with Crippen molar-refractivity contribution in [2.24, 2.45) is 4.99 Å². The number of hydrogen-bond acceptors (Lipinski definition) is 6. The first-order chi connectivity index (χ1) is 16.2. The highest BCUT2D eigenvalue weighted by atomic mass is 32.2. The Balaban J connectivity index is 1.43. The number of anilines is 1. The van der Waals surface area contributed by atoms with Crippen molar-refractivity contribution in [2.75, 3.05) is 31.5 Å². The van der Waals surface area contributed by atoms with Gasteiger partial charge in [-0.2, -0.15) is 4.31 Å². The molecule has 182 valence electrons. The minimum Gasteiger partial charge on any atom is -0.368 e. The third kappa shape index (κ3) is 5.26. The van der Waals surface area contributed by atoms with E-state index in [9.17, 15) is 22.0 Å². The second-order valence-electron chi connectivity index (χ2n) is 8.48. The van der Waals surface area contributed by atoms with Crippen LogP contribution in [0, 0.1) is 11.6 Å². The highest BCUT2D eigenvalue weighted by Crippen LogP contribution is 2.29. The molecule has 1 saturated heterocycles. The molecule has 2 aliphatic rings. The molecular formula is C23H27F2N5O3S. The van der Waals surface area contributed by atoms with Crippen molar-refractivity contribution in [2.45, 2.75) is 36.7 Å². The minimum atomic E-state index is -3.70. The lowest BCUT2D eigenvalue weighted by Crippen LogP contribution is -2.64. The summed E-state index contributed by atoms with van der Waals surface area (Å²) in [6.45, 7) is 3.40. The number of halogens is 2. The molecule has 1 spiro atoms. The highest BCUT2D eigenvalue weighted by Gasteiger charge is 2.43. The van der Waals surface area contributed by atoms with E-state index in [-0.39, 0.29) is 30.4 Å². The summed E-state index contributed by atoms with van der Waals surface area (Å²) < 4.78 is 54.8. The Hall–Kier alpha value is -2.89. The predicted molar refractivity (Wildman–Crippen MR) is 125 cm³/mol. The van der Waals surface area contributed by atoms with Crippen LogP contribution in [0.1, 0.15) is 25.3 Å². The standard InChI is InChI=1S/C23H27F2N5O3S/c1-16(31)29-20-2-4-21(5-3-20)34(32,33)30-10-6-23(7-11-30)22(26-8-9-28-23)27-15-17-12-18(24)14-19(25)13-17/h2-5,12-14,28H,6-11,15H2,1H3,(H,26,27)(H,29,31). The molecule has 0 saturated carbocycles. The SMILES string of the molecule is CC(=O)Nc1ccc(S(=O)(=O)N2CCC3(CC2)NCCN=C3NCc2cc(F)cc(F)c2)cc1. The van der Waals surface area contributed by atoms with Gasteiger partial charge in [-0.3, -0.25) is 9.79 Å². The van der Waals surface area contributed by atoms with Crippen molar-refractivity contribution in [3.8, 4) is 0 Å². The fraction of sp³-hybridized carbons (Fsp3) is 0.391. The Bertz CT molecular complexity index is 1170. The lowest BCUT2D eigenvalue weighted by atomic mass is 9.85. The van der Waals surface area contributed by atoms with Crippen molar-refractivity contribution >= 4 is 27.5 Å². The van der Waals surface area contributed by atoms with Crippen LogP contribution < -0.4 is 16.0 Å². The smallest absolute Gasteiger partial charge is 0.243 e. The summed E-state index contributed by atoms with van der Waals surface area (Å²) in [5.41, 5.74) is 0.468. The van der Waals surface area contributed by atoms with E-state index in [4.69, 9.17) is 0 Å². The molecule has 3 N–H and O–H groups in total. The molecule has 34 heavy (non-hydrogen) atoms. The number of carbonyl (C=O) groups is 1. The molecule has 1 amide bonds. The van der Waals surface area contributed by atoms with Gasteiger partial charge in [0.15, 0.2) is 0 Å². The van der Waals surface area contributed by atoms with Gasteiger partial charge in [-0.1, -0.05) is 0 Å². The molecule has 0 aliphatic carbocycles. The van der Waals surface area contributed by atoms with E-state index in [1.807, 2.05) is 0 Å². The first-order valence-electron chi connectivity index (χ1n) is 11.0. The topological polar surface area (TPSA) is 103 Å². The number of sulfonamides is 1. The summed E-state index contributed by atoms with van der Waals surface area (Å²) in [6, 6.07) is 9.46. The Labute approximate surface area is 197 Å². The zero-order valence-electron chi connectivity index (χ0n) is 18.8. The number of aliphatic imine (C=N–C) groups is 1. The summed E-state index contributed by atoms with van der Waals surface area (Å²) in [6.07, 6.45) is 0.999. The van der Waals surface area contributed by atoms with Crippen LogP contribution in [0.3, 0.4) is 0 Å². The van der Waals surface area contributed by atoms with E-state index < -0.39 is 27.2 Å². The van der Waals surface area contributed by atoms with Crippen LogP contribution in [0.15, 0.2) is 52.4 Å². The average Bonchev–Trinajstić information content (AvgIpc) is 2.78. The van der Waals surface area contributed by atoms with E-state index in [0.29, 0.717) is 43.0 Å². The molecule has 11 heteroatoms. The number of nitrogens with zero attached hydrogens (tertiary/aromatic N) is 2. The van der Waals surface area contributed by atoms with Crippen molar-refractivity contribution in [1.29, 1.82) is 0 Å². The van der Waals surface area contributed by atoms with Gasteiger partial charge >= 0.3 is 0 Å². The third-order valence-electron chi connectivity index (χ3n) is 6.07. The average molecular weight is 492 g/mol. The second kappa shape index (κ2) is 9.77. The summed E-state index contributed by atoms with van der Waals surface area (Å²) in [5.74, 6) is -0.830. The Morgan fingerprint density at radius 2 is 1.76 bits per heavy atom. The van der Waals surface area contributed by atoms with Gasteiger partial charge in [0.2, 0.25) is 15.9 Å². The predicted octanol–water partition coefficient (Wildman–Crippen LogP) is 2.24. The number of amidine groups is 1. The fourth-order valence-electron chi connectivity index (χ4n) is 4.41. The summed E-state index contributed by atoms with van der Waals surface area (Å²) >= 11 is 0. The molecule has 0 atom stereocenters. The Kier molecular flexibility index (Phi) is 6.96. The summed E-state index contributed by atoms with van der Waals surface area (Å²) in [5, 5.41) is 9.31. The number of benzene rings is 2. The molecule has 2 heterocycles. The molecule has 0 radical (unpaired) electrons. The van der Waals surface area contributed by atoms with Crippen LogP contribution >= 0.6 is 0 Å². The number of nitrogens with one attached hydrogen (secondary N) is 3. The first kappa shape index (κ1) is 24.2. The molecule has 4 rings (SSSR count). The minimum absolute atomic E-state index is 0.161. The van der Waals surface area contributed by atoms with Crippen LogP contribution in [0.2, 0.25) is 0 Å². The number of carbonyl (C=O) groups excluding carboxylic acids is 1. The number of amides is 1. The molecule has 0 bridgehead atoms. The van der Waals surface area contributed by atoms with Gasteiger partial charge in [0.25, 0.3) is 0 Å². The molecule has 2 aromatic carbocycles. The van der Waals surface area contributed by atoms with Gasteiger partial charge in [0, 0.05) is 44.9 Å². The zero-order chi connectivity index (χ0) is 24.3. The van der Waals surface area contributed by atoms with Crippen LogP contribution in [-0.4, -0.2) is 56.2 Å². The van der Waals surface area contributed by atoms with Gasteiger partial charge < -0.3 is 16.0 Å². The van der Waals surface area contributed by atoms with Crippen molar-refractivity contribution in [1.82, 2.24) is 14.9 Å². The second-order valence-corrected chi connectivity index (χ2v) is 10.4. The van der Waals surface area contributed by atoms with Gasteiger partial charge in [-0.15, -0.1) is 0 Å². The van der Waals surface area contributed by atoms with Crippen LogP contribution in [0.25, 0.3) is 0 Å². The third-order valence-corrected chi connectivity index (χ3v) is 7.98. The molecular weight excluding hydrogens is 464 g/mol. The van der Waals surface area contributed by atoms with E-state index in [2.05, 4.69) is 20.9 Å². The quantitative estimate of drug-likeness (QED) is 0.595. The van der Waals surface area contributed by atoms with E-state index in [1.165, 1.54) is 35.5 Å². The van der Waals surface area contributed by atoms with Crippen LogP contribution in [0.5, 0.6) is 0 Å². The molecule has 8 nitrogen and oxygen atoms in total. The zero-order valence-corrected chi connectivity index (χ0v) is 19.6. The molecule has 0 unspecified atom stereocenters. The Morgan fingerprint density at radius 1 is 1.12 bits per heavy atom. The first-order valence-corrected chi connectivity index (χ1v) is 12.5. The molecule has 1 fully saturated rings. The van der Waals surface area contributed by atoms with Gasteiger partial charge in [-0.05, 0) is 54.8 Å². The summed E-state index contributed by atoms with van der Waals surface area (Å²) in [7, 11) is -3.70. The summed E-state index contributed by atoms with van der Waals surface area (Å²) in [4.78, 5) is 15.9. The van der Waals surface area contributed by atoms with Gasteiger partial charge in [0.05, 0.1) is 17.0 Å². The number of hydrogen-bond donors (Lipinski definition) is 3. The Morgan fingerprint density at radius 3 is 2.38 bits per heavy atom. The van der Waals surface area contributed by atoms with Crippen molar-refractivity contribution < 1.29 is 22.0 Å². The van der Waals surface area contributed by atoms with Crippen molar-refractivity contribution in [3.63, 3.8) is 0 Å². The van der Waals surface area contributed by atoms with Gasteiger partial charge in [0.1, 0.15) is 17.5 Å². The van der Waals surface area contributed by atoms with E-state index >= 15 is 0 Å². The number of rotatable bonds is 5. The fourth-order valence-corrected chi connectivity index (χ4v) is 5.85. The van der Waals surface area contributed by atoms with Gasteiger partial charge in [-0.25, -0.2) is 17.2 Å². The maximum absolute atomic E-state index is 13.5. The highest BCUT2D eigenvalue weighted by molar-refractivity contribution is 7.89.